The van der Waals surface area contributed by atoms with Crippen molar-refractivity contribution in [3.05, 3.63) is 40.9 Å². The molecular weight excluding hydrogens is 368 g/mol. The highest BCUT2D eigenvalue weighted by Gasteiger charge is 2.50. The molecule has 148 valence electrons. The number of hydrogen-bond acceptors (Lipinski definition) is 4. The maximum absolute atomic E-state index is 12.2. The Morgan fingerprint density at radius 3 is 2.61 bits per heavy atom. The molecule has 0 saturated heterocycles. The van der Waals surface area contributed by atoms with Crippen LogP contribution in [0.5, 0.6) is 5.75 Å². The molecule has 4 aliphatic carbocycles. The summed E-state index contributed by atoms with van der Waals surface area (Å²) in [7, 11) is 0. The van der Waals surface area contributed by atoms with E-state index >= 15 is 0 Å². The molecule has 1 heterocycles. The third-order valence-corrected chi connectivity index (χ3v) is 7.69. The molecule has 0 aliphatic heterocycles. The maximum atomic E-state index is 12.2. The fourth-order valence-corrected chi connectivity index (χ4v) is 7.07. The first-order valence-electron chi connectivity index (χ1n) is 10.5. The average molecular weight is 397 g/mol. The second-order valence-electron chi connectivity index (χ2n) is 9.39. The average Bonchev–Trinajstić information content (AvgIpc) is 3.05. The zero-order valence-electron chi connectivity index (χ0n) is 16.4. The van der Waals surface area contributed by atoms with Crippen molar-refractivity contribution in [3.63, 3.8) is 0 Å². The molecule has 2 aromatic rings. The molecule has 0 atom stereocenters. The van der Waals surface area contributed by atoms with Crippen LogP contribution in [0.1, 0.15) is 49.8 Å². The summed E-state index contributed by atoms with van der Waals surface area (Å²) in [5.74, 6) is 3.45. The van der Waals surface area contributed by atoms with Gasteiger partial charge in [0.25, 0.3) is 5.91 Å². The topological polar surface area (TPSA) is 51.2 Å². The van der Waals surface area contributed by atoms with Gasteiger partial charge in [-0.1, -0.05) is 12.1 Å². The highest BCUT2D eigenvalue weighted by Crippen LogP contribution is 2.61. The van der Waals surface area contributed by atoms with Crippen LogP contribution in [0.15, 0.2) is 29.6 Å². The van der Waals surface area contributed by atoms with Crippen molar-refractivity contribution in [2.45, 2.75) is 51.9 Å². The first-order chi connectivity index (χ1) is 13.6. The van der Waals surface area contributed by atoms with Gasteiger partial charge in [0, 0.05) is 5.38 Å². The van der Waals surface area contributed by atoms with Crippen LogP contribution in [0.3, 0.4) is 0 Å². The summed E-state index contributed by atoms with van der Waals surface area (Å²) in [5.41, 5.74) is 2.76. The minimum absolute atomic E-state index is 0.00729. The number of carbonyl (C=O) groups is 1. The van der Waals surface area contributed by atoms with Crippen molar-refractivity contribution >= 4 is 22.4 Å². The predicted molar refractivity (Wildman–Crippen MR) is 112 cm³/mol. The van der Waals surface area contributed by atoms with Gasteiger partial charge in [-0.25, -0.2) is 4.98 Å². The fraction of sp³-hybridized carbons (Fsp3) is 0.565. The number of thiazole rings is 1. The van der Waals surface area contributed by atoms with E-state index in [0.29, 0.717) is 10.5 Å². The highest BCUT2D eigenvalue weighted by atomic mass is 32.1. The van der Waals surface area contributed by atoms with Crippen LogP contribution in [0.4, 0.5) is 5.13 Å². The summed E-state index contributed by atoms with van der Waals surface area (Å²) >= 11 is 1.53. The molecule has 1 N–H and O–H groups in total. The lowest BCUT2D eigenvalue weighted by molar-refractivity contribution is -0.118. The molecule has 0 unspecified atom stereocenters. The summed E-state index contributed by atoms with van der Waals surface area (Å²) < 4.78 is 5.58. The molecule has 4 nitrogen and oxygen atoms in total. The summed E-state index contributed by atoms with van der Waals surface area (Å²) in [6, 6.07) is 7.74. The Hall–Kier alpha value is -1.88. The minimum atomic E-state index is -0.155. The SMILES string of the molecule is Cc1cccc(OCC(=O)Nc2nc(CC34CC5CC(CC(C5)C3)C4)cs2)c1. The molecule has 1 aromatic heterocycles. The number of hydrogen-bond donors (Lipinski definition) is 1. The molecule has 4 fully saturated rings. The van der Waals surface area contributed by atoms with Crippen molar-refractivity contribution in [2.75, 3.05) is 11.9 Å². The molecule has 28 heavy (non-hydrogen) atoms. The number of nitrogens with one attached hydrogen (secondary N) is 1. The minimum Gasteiger partial charge on any atom is -0.484 e. The molecule has 1 amide bonds. The molecular formula is C23H28N2O2S. The summed E-state index contributed by atoms with van der Waals surface area (Å²) in [6.45, 7) is 2.02. The molecule has 6 rings (SSSR count). The lowest BCUT2D eigenvalue weighted by Gasteiger charge is -2.56. The zero-order valence-corrected chi connectivity index (χ0v) is 17.3. The normalized spacial score (nSPS) is 30.4. The summed E-state index contributed by atoms with van der Waals surface area (Å²) in [6.07, 6.45) is 9.67. The Labute approximate surface area is 170 Å². The van der Waals surface area contributed by atoms with Gasteiger partial charge in [-0.05, 0) is 92.7 Å². The van der Waals surface area contributed by atoms with Gasteiger partial charge in [0.05, 0.1) is 5.69 Å². The van der Waals surface area contributed by atoms with Gasteiger partial charge in [0.2, 0.25) is 0 Å². The van der Waals surface area contributed by atoms with Crippen molar-refractivity contribution in [2.24, 2.45) is 23.2 Å². The van der Waals surface area contributed by atoms with Crippen LogP contribution in [0.2, 0.25) is 0 Å². The van der Waals surface area contributed by atoms with Crippen LogP contribution >= 0.6 is 11.3 Å². The number of anilines is 1. The quantitative estimate of drug-likeness (QED) is 0.727. The van der Waals surface area contributed by atoms with Crippen molar-refractivity contribution in [3.8, 4) is 5.75 Å². The Bertz CT molecular complexity index is 840. The van der Waals surface area contributed by atoms with E-state index in [2.05, 4.69) is 10.7 Å². The molecule has 4 aliphatic rings. The van der Waals surface area contributed by atoms with E-state index < -0.39 is 0 Å². The van der Waals surface area contributed by atoms with Crippen LogP contribution in [-0.4, -0.2) is 17.5 Å². The second kappa shape index (κ2) is 7.18. The lowest BCUT2D eigenvalue weighted by atomic mass is 9.48. The number of ether oxygens (including phenoxy) is 1. The molecule has 1 aromatic carbocycles. The zero-order chi connectivity index (χ0) is 19.1. The summed E-state index contributed by atoms with van der Waals surface area (Å²) in [4.78, 5) is 16.9. The van der Waals surface area contributed by atoms with E-state index in [1.54, 1.807) is 0 Å². The number of benzene rings is 1. The number of aryl methyl sites for hydroxylation is 1. The first kappa shape index (κ1) is 18.2. The second-order valence-corrected chi connectivity index (χ2v) is 10.2. The predicted octanol–water partition coefficient (Wildman–Crippen LogP) is 5.23. The van der Waals surface area contributed by atoms with Crippen LogP contribution in [0.25, 0.3) is 0 Å². The number of aromatic nitrogens is 1. The number of carbonyl (C=O) groups excluding carboxylic acids is 1. The lowest BCUT2D eigenvalue weighted by Crippen LogP contribution is -2.47. The van der Waals surface area contributed by atoms with Crippen molar-refractivity contribution < 1.29 is 9.53 Å². The van der Waals surface area contributed by atoms with Gasteiger partial charge in [0.1, 0.15) is 5.75 Å². The van der Waals surface area contributed by atoms with E-state index in [1.807, 2.05) is 31.2 Å². The number of amides is 1. The molecule has 4 saturated carbocycles. The van der Waals surface area contributed by atoms with Gasteiger partial charge >= 0.3 is 0 Å². The van der Waals surface area contributed by atoms with Crippen molar-refractivity contribution in [1.29, 1.82) is 0 Å². The summed E-state index contributed by atoms with van der Waals surface area (Å²) in [5, 5.41) is 5.73. The van der Waals surface area contributed by atoms with Crippen LogP contribution in [-0.2, 0) is 11.2 Å². The molecule has 0 radical (unpaired) electrons. The Morgan fingerprint density at radius 2 is 1.93 bits per heavy atom. The van der Waals surface area contributed by atoms with Gasteiger partial charge in [0.15, 0.2) is 11.7 Å². The van der Waals surface area contributed by atoms with E-state index in [9.17, 15) is 4.79 Å². The van der Waals surface area contributed by atoms with Crippen molar-refractivity contribution in [1.82, 2.24) is 4.98 Å². The fourth-order valence-electron chi connectivity index (χ4n) is 6.35. The molecule has 0 spiro atoms. The Kier molecular flexibility index (Phi) is 4.66. The van der Waals surface area contributed by atoms with E-state index in [4.69, 9.17) is 9.72 Å². The third-order valence-electron chi connectivity index (χ3n) is 6.88. The van der Waals surface area contributed by atoms with Gasteiger partial charge in [-0.3, -0.25) is 10.1 Å². The van der Waals surface area contributed by atoms with Crippen LogP contribution in [0, 0.1) is 30.1 Å². The largest absolute Gasteiger partial charge is 0.484 e. The number of nitrogens with zero attached hydrogens (tertiary/aromatic N) is 1. The van der Waals surface area contributed by atoms with Gasteiger partial charge in [-0.2, -0.15) is 0 Å². The standard InChI is InChI=1S/C23H28N2O2S/c1-15-3-2-4-20(5-15)27-13-21(26)25-22-24-19(14-28-22)12-23-9-16-6-17(10-23)8-18(7-16)11-23/h2-5,14,16-18H,6-13H2,1H3,(H,24,25,26). The highest BCUT2D eigenvalue weighted by molar-refractivity contribution is 7.13. The van der Waals surface area contributed by atoms with Gasteiger partial charge in [-0.15, -0.1) is 11.3 Å². The van der Waals surface area contributed by atoms with E-state index in [1.165, 1.54) is 49.9 Å². The Morgan fingerprint density at radius 1 is 1.21 bits per heavy atom. The number of rotatable bonds is 6. The van der Waals surface area contributed by atoms with Crippen LogP contribution < -0.4 is 10.1 Å². The van der Waals surface area contributed by atoms with E-state index in [0.717, 1.165) is 41.2 Å². The van der Waals surface area contributed by atoms with Gasteiger partial charge < -0.3 is 4.74 Å². The maximum Gasteiger partial charge on any atom is 0.264 e. The third kappa shape index (κ3) is 3.82. The monoisotopic (exact) mass is 396 g/mol. The van der Waals surface area contributed by atoms with E-state index in [-0.39, 0.29) is 12.5 Å². The smallest absolute Gasteiger partial charge is 0.264 e. The molecule has 5 heteroatoms. The first-order valence-corrected chi connectivity index (χ1v) is 11.4. The Balaban J connectivity index is 1.17. The molecule has 4 bridgehead atoms.